The fourth-order valence-electron chi connectivity index (χ4n) is 3.29. The number of carbonyl (C=O) groups is 1. The van der Waals surface area contributed by atoms with Crippen molar-refractivity contribution in [2.75, 3.05) is 5.75 Å². The molecule has 0 radical (unpaired) electrons. The van der Waals surface area contributed by atoms with Crippen LogP contribution < -0.4 is 5.32 Å². The van der Waals surface area contributed by atoms with Gasteiger partial charge in [-0.15, -0.1) is 11.8 Å². The molecule has 0 unspecified atom stereocenters. The van der Waals surface area contributed by atoms with Gasteiger partial charge in [-0.2, -0.15) is 10.4 Å². The molecule has 2 aromatic heterocycles. The molecular weight excluding hydrogens is 432 g/mol. The Balaban J connectivity index is 1.69. The normalized spacial score (nSPS) is 11.2. The third kappa shape index (κ3) is 5.43. The van der Waals surface area contributed by atoms with Gasteiger partial charge < -0.3 is 9.73 Å². The maximum atomic E-state index is 12.6. The van der Waals surface area contributed by atoms with Gasteiger partial charge in [0.1, 0.15) is 17.4 Å². The molecule has 6 nitrogen and oxygen atoms in total. The van der Waals surface area contributed by atoms with Gasteiger partial charge in [0.25, 0.3) is 5.91 Å². The van der Waals surface area contributed by atoms with Crippen LogP contribution in [0.25, 0.3) is 23.0 Å². The molecule has 0 aliphatic rings. The summed E-state index contributed by atoms with van der Waals surface area (Å²) in [5, 5.41) is 17.2. The number of hydrogen-bond donors (Lipinski definition) is 1. The maximum absolute atomic E-state index is 12.6. The van der Waals surface area contributed by atoms with Crippen molar-refractivity contribution in [2.24, 2.45) is 0 Å². The predicted molar refractivity (Wildman–Crippen MR) is 130 cm³/mol. The molecule has 1 amide bonds. The molecule has 0 aliphatic carbocycles. The first-order chi connectivity index (χ1) is 16.2. The topological polar surface area (TPSA) is 83.8 Å². The lowest BCUT2D eigenvalue weighted by Crippen LogP contribution is -2.23. The Morgan fingerprint density at radius 1 is 1.15 bits per heavy atom. The maximum Gasteiger partial charge on any atom is 0.262 e. The highest BCUT2D eigenvalue weighted by atomic mass is 32.2. The van der Waals surface area contributed by atoms with Gasteiger partial charge in [0.2, 0.25) is 0 Å². The van der Waals surface area contributed by atoms with E-state index in [0.29, 0.717) is 17.0 Å². The summed E-state index contributed by atoms with van der Waals surface area (Å²) in [5.41, 5.74) is 3.16. The molecular formula is C26H22N4O2S. The van der Waals surface area contributed by atoms with Gasteiger partial charge in [-0.3, -0.25) is 4.79 Å². The molecule has 0 saturated carbocycles. The molecule has 33 heavy (non-hydrogen) atoms. The zero-order chi connectivity index (χ0) is 23.0. The van der Waals surface area contributed by atoms with Crippen LogP contribution in [-0.4, -0.2) is 21.4 Å². The number of nitrogens with one attached hydrogen (secondary N) is 1. The third-order valence-electron chi connectivity index (χ3n) is 4.87. The van der Waals surface area contributed by atoms with Crippen LogP contribution in [0.1, 0.15) is 18.2 Å². The number of thioether (sulfide) groups is 1. The van der Waals surface area contributed by atoms with Gasteiger partial charge in [0, 0.05) is 22.2 Å². The molecule has 0 bridgehead atoms. The van der Waals surface area contributed by atoms with Crippen LogP contribution in [0.4, 0.5) is 0 Å². The molecule has 4 aromatic rings. The van der Waals surface area contributed by atoms with Crippen molar-refractivity contribution in [3.8, 4) is 23.0 Å². The summed E-state index contributed by atoms with van der Waals surface area (Å²) in [6.07, 6.45) is 4.95. The van der Waals surface area contributed by atoms with Crippen molar-refractivity contribution < 1.29 is 9.21 Å². The number of benzene rings is 2. The number of nitriles is 1. The standard InChI is InChI=1S/C26H22N4O2S/c1-2-33-24-12-10-19(11-13-24)25-21(18-30(29-25)22-7-4-3-5-8-22)15-20(16-27)26(31)28-17-23-9-6-14-32-23/h3-15,18H,2,17H2,1H3,(H,28,31)/b20-15-. The van der Waals surface area contributed by atoms with E-state index in [1.165, 1.54) is 11.2 Å². The Kier molecular flexibility index (Phi) is 7.08. The third-order valence-corrected chi connectivity index (χ3v) is 5.76. The number of carbonyl (C=O) groups excluding carboxylic acids is 1. The van der Waals surface area contributed by atoms with E-state index in [9.17, 15) is 10.1 Å². The van der Waals surface area contributed by atoms with E-state index in [1.54, 1.807) is 34.7 Å². The quantitative estimate of drug-likeness (QED) is 0.217. The number of furan rings is 1. The molecule has 0 saturated heterocycles. The summed E-state index contributed by atoms with van der Waals surface area (Å²) in [5.74, 6) is 1.14. The van der Waals surface area contributed by atoms with E-state index in [4.69, 9.17) is 9.52 Å². The molecule has 0 aliphatic heterocycles. The van der Waals surface area contributed by atoms with E-state index in [0.717, 1.165) is 17.0 Å². The van der Waals surface area contributed by atoms with Crippen molar-refractivity contribution in [3.63, 3.8) is 0 Å². The second kappa shape index (κ2) is 10.5. The van der Waals surface area contributed by atoms with Gasteiger partial charge in [-0.1, -0.05) is 37.3 Å². The smallest absolute Gasteiger partial charge is 0.262 e. The number of para-hydroxylation sites is 1. The van der Waals surface area contributed by atoms with Crippen molar-refractivity contribution in [2.45, 2.75) is 18.4 Å². The summed E-state index contributed by atoms with van der Waals surface area (Å²) in [6, 6.07) is 23.4. The van der Waals surface area contributed by atoms with E-state index < -0.39 is 5.91 Å². The summed E-state index contributed by atoms with van der Waals surface area (Å²) in [6.45, 7) is 2.32. The van der Waals surface area contributed by atoms with Crippen molar-refractivity contribution in [1.29, 1.82) is 5.26 Å². The molecule has 2 heterocycles. The molecule has 0 atom stereocenters. The largest absolute Gasteiger partial charge is 0.467 e. The van der Waals surface area contributed by atoms with E-state index in [-0.39, 0.29) is 12.1 Å². The average molecular weight is 455 g/mol. The minimum Gasteiger partial charge on any atom is -0.467 e. The first-order valence-corrected chi connectivity index (χ1v) is 11.5. The SMILES string of the molecule is CCSc1ccc(-c2nn(-c3ccccc3)cc2/C=C(/C#N)C(=O)NCc2ccco2)cc1. The molecule has 164 valence electrons. The van der Waals surface area contributed by atoms with Gasteiger partial charge in [-0.05, 0) is 48.2 Å². The molecule has 2 aromatic carbocycles. The predicted octanol–water partition coefficient (Wildman–Crippen LogP) is 5.47. The Morgan fingerprint density at radius 3 is 2.61 bits per heavy atom. The average Bonchev–Trinajstić information content (AvgIpc) is 3.52. The number of amides is 1. The summed E-state index contributed by atoms with van der Waals surface area (Å²) in [4.78, 5) is 13.8. The number of aromatic nitrogens is 2. The fraction of sp³-hybridized carbons (Fsp3) is 0.115. The second-order valence-electron chi connectivity index (χ2n) is 7.10. The zero-order valence-corrected chi connectivity index (χ0v) is 18.9. The number of nitrogens with zero attached hydrogens (tertiary/aromatic N) is 3. The van der Waals surface area contributed by atoms with Crippen LogP contribution in [0, 0.1) is 11.3 Å². The monoisotopic (exact) mass is 454 g/mol. The molecule has 1 N–H and O–H groups in total. The minimum absolute atomic E-state index is 0.00595. The number of hydrogen-bond acceptors (Lipinski definition) is 5. The fourth-order valence-corrected chi connectivity index (χ4v) is 3.95. The highest BCUT2D eigenvalue weighted by Gasteiger charge is 2.15. The van der Waals surface area contributed by atoms with E-state index >= 15 is 0 Å². The summed E-state index contributed by atoms with van der Waals surface area (Å²) in [7, 11) is 0. The Morgan fingerprint density at radius 2 is 1.94 bits per heavy atom. The van der Waals surface area contributed by atoms with Crippen LogP contribution in [0.15, 0.2) is 94.1 Å². The molecule has 0 spiro atoms. The lowest BCUT2D eigenvalue weighted by Gasteiger charge is -2.04. The summed E-state index contributed by atoms with van der Waals surface area (Å²) >= 11 is 1.77. The van der Waals surface area contributed by atoms with Gasteiger partial charge in [0.15, 0.2) is 0 Å². The zero-order valence-electron chi connectivity index (χ0n) is 18.1. The Bertz CT molecular complexity index is 1280. The van der Waals surface area contributed by atoms with Gasteiger partial charge in [-0.25, -0.2) is 4.68 Å². The van der Waals surface area contributed by atoms with Gasteiger partial charge in [0.05, 0.1) is 24.2 Å². The first kappa shape index (κ1) is 22.2. The van der Waals surface area contributed by atoms with Gasteiger partial charge >= 0.3 is 0 Å². The van der Waals surface area contributed by atoms with Crippen LogP contribution in [0.3, 0.4) is 0 Å². The van der Waals surface area contributed by atoms with Crippen LogP contribution in [0.5, 0.6) is 0 Å². The van der Waals surface area contributed by atoms with E-state index in [2.05, 4.69) is 24.4 Å². The highest BCUT2D eigenvalue weighted by Crippen LogP contribution is 2.28. The second-order valence-corrected chi connectivity index (χ2v) is 8.44. The Hall–Kier alpha value is -4.02. The minimum atomic E-state index is -0.470. The molecule has 4 rings (SSSR count). The first-order valence-electron chi connectivity index (χ1n) is 10.5. The van der Waals surface area contributed by atoms with Crippen LogP contribution >= 0.6 is 11.8 Å². The van der Waals surface area contributed by atoms with Crippen molar-refractivity contribution in [3.05, 3.63) is 96.1 Å². The van der Waals surface area contributed by atoms with Crippen LogP contribution in [-0.2, 0) is 11.3 Å². The Labute approximate surface area is 196 Å². The summed E-state index contributed by atoms with van der Waals surface area (Å²) < 4.78 is 7.00. The highest BCUT2D eigenvalue weighted by molar-refractivity contribution is 7.99. The molecule has 0 fully saturated rings. The lowest BCUT2D eigenvalue weighted by atomic mass is 10.1. The van der Waals surface area contributed by atoms with Crippen molar-refractivity contribution >= 4 is 23.7 Å². The van der Waals surface area contributed by atoms with E-state index in [1.807, 2.05) is 54.7 Å². The van der Waals surface area contributed by atoms with Crippen molar-refractivity contribution in [1.82, 2.24) is 15.1 Å². The van der Waals surface area contributed by atoms with Crippen LogP contribution in [0.2, 0.25) is 0 Å². The molecule has 7 heteroatoms. The lowest BCUT2D eigenvalue weighted by molar-refractivity contribution is -0.117. The number of rotatable bonds is 8.